The molecule has 2 heterocycles. The highest BCUT2D eigenvalue weighted by molar-refractivity contribution is 5.76. The largest absolute Gasteiger partial charge is 0.338 e. The highest BCUT2D eigenvalue weighted by Crippen LogP contribution is 2.22. The third kappa shape index (κ3) is 3.46. The Balaban J connectivity index is 1.52. The predicted octanol–water partition coefficient (Wildman–Crippen LogP) is 2.84. The van der Waals surface area contributed by atoms with Crippen LogP contribution in [0.1, 0.15) is 43.2 Å². The molecule has 114 valence electrons. The first-order chi connectivity index (χ1) is 10.2. The molecule has 0 N–H and O–H groups in total. The molecule has 1 unspecified atom stereocenters. The molecule has 1 saturated heterocycles. The number of likely N-dealkylation sites (tertiary alicyclic amines) is 1. The zero-order chi connectivity index (χ0) is 14.7. The summed E-state index contributed by atoms with van der Waals surface area (Å²) >= 11 is 0. The minimum atomic E-state index is 0.337. The molecule has 3 nitrogen and oxygen atoms in total. The number of hydrogen-bond acceptors (Lipinski definition) is 2. The zero-order valence-electron chi connectivity index (χ0n) is 13.1. The Morgan fingerprint density at radius 1 is 1.19 bits per heavy atom. The summed E-state index contributed by atoms with van der Waals surface area (Å²) in [5, 5.41) is 0. The second kappa shape index (κ2) is 6.61. The molecule has 2 aliphatic rings. The number of rotatable bonds is 3. The summed E-state index contributed by atoms with van der Waals surface area (Å²) in [7, 11) is 2.20. The van der Waals surface area contributed by atoms with Gasteiger partial charge in [-0.2, -0.15) is 0 Å². The molecule has 0 aromatic heterocycles. The molecule has 21 heavy (non-hydrogen) atoms. The Hall–Kier alpha value is -1.35. The van der Waals surface area contributed by atoms with Crippen molar-refractivity contribution in [1.82, 2.24) is 9.80 Å². The molecule has 0 aliphatic carbocycles. The molecule has 0 saturated carbocycles. The summed E-state index contributed by atoms with van der Waals surface area (Å²) in [6.07, 6.45) is 6.62. The average molecular weight is 286 g/mol. The van der Waals surface area contributed by atoms with Crippen molar-refractivity contribution >= 4 is 5.91 Å². The van der Waals surface area contributed by atoms with Crippen LogP contribution in [0.5, 0.6) is 0 Å². The van der Waals surface area contributed by atoms with Crippen LogP contribution in [-0.4, -0.2) is 41.9 Å². The normalized spacial score (nSPS) is 22.9. The molecular formula is C18H26N2O. The van der Waals surface area contributed by atoms with E-state index >= 15 is 0 Å². The van der Waals surface area contributed by atoms with Crippen molar-refractivity contribution in [3.8, 4) is 0 Å². The SMILES string of the molecule is CN1CCCCC1CCC(=O)N1CCc2ccccc2C1. The smallest absolute Gasteiger partial charge is 0.222 e. The topological polar surface area (TPSA) is 23.6 Å². The Labute approximate surface area is 127 Å². The van der Waals surface area contributed by atoms with E-state index in [0.717, 1.165) is 25.9 Å². The monoisotopic (exact) mass is 286 g/mol. The van der Waals surface area contributed by atoms with Gasteiger partial charge in [0.25, 0.3) is 0 Å². The van der Waals surface area contributed by atoms with Gasteiger partial charge in [-0.1, -0.05) is 30.7 Å². The van der Waals surface area contributed by atoms with Crippen molar-refractivity contribution in [2.45, 2.75) is 51.1 Å². The van der Waals surface area contributed by atoms with Gasteiger partial charge >= 0.3 is 0 Å². The van der Waals surface area contributed by atoms with Crippen molar-refractivity contribution in [3.05, 3.63) is 35.4 Å². The van der Waals surface area contributed by atoms with Crippen LogP contribution in [-0.2, 0) is 17.8 Å². The molecule has 1 aromatic carbocycles. The van der Waals surface area contributed by atoms with Gasteiger partial charge in [-0.05, 0) is 50.4 Å². The fraction of sp³-hybridized carbons (Fsp3) is 0.611. The van der Waals surface area contributed by atoms with Crippen LogP contribution >= 0.6 is 0 Å². The zero-order valence-corrected chi connectivity index (χ0v) is 13.1. The third-order valence-electron chi connectivity index (χ3n) is 5.10. The average Bonchev–Trinajstić information content (AvgIpc) is 2.53. The molecule has 2 aliphatic heterocycles. The highest BCUT2D eigenvalue weighted by atomic mass is 16.2. The molecule has 1 amide bonds. The van der Waals surface area contributed by atoms with E-state index in [1.165, 1.54) is 36.9 Å². The van der Waals surface area contributed by atoms with Gasteiger partial charge in [0.1, 0.15) is 0 Å². The summed E-state index contributed by atoms with van der Waals surface area (Å²) in [6.45, 7) is 2.88. The van der Waals surface area contributed by atoms with Gasteiger partial charge in [0, 0.05) is 25.6 Å². The number of benzene rings is 1. The minimum absolute atomic E-state index is 0.337. The van der Waals surface area contributed by atoms with Gasteiger partial charge in [-0.15, -0.1) is 0 Å². The number of hydrogen-bond donors (Lipinski definition) is 0. The third-order valence-corrected chi connectivity index (χ3v) is 5.10. The van der Waals surface area contributed by atoms with E-state index in [9.17, 15) is 4.79 Å². The molecule has 3 heteroatoms. The first-order valence-electron chi connectivity index (χ1n) is 8.29. The van der Waals surface area contributed by atoms with E-state index < -0.39 is 0 Å². The first kappa shape index (κ1) is 14.6. The van der Waals surface area contributed by atoms with Crippen molar-refractivity contribution < 1.29 is 4.79 Å². The summed E-state index contributed by atoms with van der Waals surface area (Å²) in [6, 6.07) is 9.12. The highest BCUT2D eigenvalue weighted by Gasteiger charge is 2.23. The van der Waals surface area contributed by atoms with Crippen molar-refractivity contribution in [3.63, 3.8) is 0 Å². The molecular weight excluding hydrogens is 260 g/mol. The summed E-state index contributed by atoms with van der Waals surface area (Å²) in [5.41, 5.74) is 2.74. The van der Waals surface area contributed by atoms with Gasteiger partial charge in [-0.25, -0.2) is 0 Å². The van der Waals surface area contributed by atoms with Gasteiger partial charge in [0.15, 0.2) is 0 Å². The van der Waals surface area contributed by atoms with E-state index in [0.29, 0.717) is 18.4 Å². The van der Waals surface area contributed by atoms with E-state index in [-0.39, 0.29) is 0 Å². The molecule has 1 aromatic rings. The maximum atomic E-state index is 12.5. The molecule has 0 bridgehead atoms. The predicted molar refractivity (Wildman–Crippen MR) is 85.1 cm³/mol. The van der Waals surface area contributed by atoms with E-state index in [1.54, 1.807) is 0 Å². The molecule has 1 fully saturated rings. The number of amides is 1. The summed E-state index contributed by atoms with van der Waals surface area (Å²) < 4.78 is 0. The van der Waals surface area contributed by atoms with Crippen LogP contribution in [0.15, 0.2) is 24.3 Å². The van der Waals surface area contributed by atoms with Crippen molar-refractivity contribution in [2.75, 3.05) is 20.1 Å². The standard InChI is InChI=1S/C18H26N2O/c1-19-12-5-4-8-17(19)9-10-18(21)20-13-11-15-6-2-3-7-16(15)14-20/h2-3,6-7,17H,4-5,8-14H2,1H3. The first-order valence-corrected chi connectivity index (χ1v) is 8.29. The lowest BCUT2D eigenvalue weighted by molar-refractivity contribution is -0.132. The van der Waals surface area contributed by atoms with Gasteiger partial charge in [0.05, 0.1) is 0 Å². The summed E-state index contributed by atoms with van der Waals surface area (Å²) in [4.78, 5) is 16.9. The van der Waals surface area contributed by atoms with E-state index in [2.05, 4.69) is 36.2 Å². The Morgan fingerprint density at radius 2 is 2.00 bits per heavy atom. The second-order valence-electron chi connectivity index (χ2n) is 6.50. The Kier molecular flexibility index (Phi) is 4.59. The molecule has 0 radical (unpaired) electrons. The number of nitrogens with zero attached hydrogens (tertiary/aromatic N) is 2. The molecule has 1 atom stereocenters. The van der Waals surface area contributed by atoms with Crippen molar-refractivity contribution in [1.29, 1.82) is 0 Å². The Morgan fingerprint density at radius 3 is 2.81 bits per heavy atom. The number of carbonyl (C=O) groups excluding carboxylic acids is 1. The van der Waals surface area contributed by atoms with Crippen molar-refractivity contribution in [2.24, 2.45) is 0 Å². The second-order valence-corrected chi connectivity index (χ2v) is 6.50. The van der Waals surface area contributed by atoms with Crippen LogP contribution in [0.3, 0.4) is 0 Å². The minimum Gasteiger partial charge on any atom is -0.338 e. The number of fused-ring (bicyclic) bond motifs is 1. The fourth-order valence-corrected chi connectivity index (χ4v) is 3.67. The number of piperidine rings is 1. The van der Waals surface area contributed by atoms with Gasteiger partial charge in [0.2, 0.25) is 5.91 Å². The van der Waals surface area contributed by atoms with Gasteiger partial charge in [-0.3, -0.25) is 4.79 Å². The maximum Gasteiger partial charge on any atom is 0.222 e. The van der Waals surface area contributed by atoms with E-state index in [4.69, 9.17) is 0 Å². The summed E-state index contributed by atoms with van der Waals surface area (Å²) in [5.74, 6) is 0.337. The lowest BCUT2D eigenvalue weighted by Gasteiger charge is -2.33. The number of carbonyl (C=O) groups is 1. The van der Waals surface area contributed by atoms with Crippen LogP contribution < -0.4 is 0 Å². The lowest BCUT2D eigenvalue weighted by Crippen LogP contribution is -2.39. The quantitative estimate of drug-likeness (QED) is 0.853. The van der Waals surface area contributed by atoms with Crippen LogP contribution in [0.2, 0.25) is 0 Å². The molecule has 0 spiro atoms. The van der Waals surface area contributed by atoms with E-state index in [1.807, 2.05) is 4.90 Å². The van der Waals surface area contributed by atoms with Crippen LogP contribution in [0, 0.1) is 0 Å². The van der Waals surface area contributed by atoms with Crippen LogP contribution in [0.4, 0.5) is 0 Å². The lowest BCUT2D eigenvalue weighted by atomic mass is 9.97. The van der Waals surface area contributed by atoms with Gasteiger partial charge < -0.3 is 9.80 Å². The molecule has 3 rings (SSSR count). The van der Waals surface area contributed by atoms with Crippen LogP contribution in [0.25, 0.3) is 0 Å². The Bertz CT molecular complexity index is 500. The fourth-order valence-electron chi connectivity index (χ4n) is 3.67. The maximum absolute atomic E-state index is 12.5.